The Balaban J connectivity index is 1.68. The van der Waals surface area contributed by atoms with E-state index in [-0.39, 0.29) is 17.9 Å². The molecule has 0 spiro atoms. The van der Waals surface area contributed by atoms with Crippen LogP contribution in [-0.2, 0) is 14.8 Å². The topological polar surface area (TPSA) is 48.3 Å². The van der Waals surface area contributed by atoms with Gasteiger partial charge in [-0.25, -0.2) is 12.4 Å². The number of aromatic nitrogens is 1. The van der Waals surface area contributed by atoms with Crippen molar-refractivity contribution in [2.45, 2.75) is 30.3 Å². The van der Waals surface area contributed by atoms with E-state index >= 15 is 0 Å². The van der Waals surface area contributed by atoms with E-state index in [0.717, 1.165) is 34.1 Å². The number of aryl methyl sites for hydroxylation is 1. The third-order valence-corrected chi connectivity index (χ3v) is 8.51. The lowest BCUT2D eigenvalue weighted by Gasteiger charge is -2.20. The minimum atomic E-state index is -3.77. The van der Waals surface area contributed by atoms with Crippen molar-refractivity contribution in [3.63, 3.8) is 0 Å². The highest BCUT2D eigenvalue weighted by atomic mass is 32.2. The third-order valence-electron chi connectivity index (χ3n) is 6.77. The van der Waals surface area contributed by atoms with Crippen LogP contribution in [-0.4, -0.2) is 19.0 Å². The lowest BCUT2D eigenvalue weighted by Crippen LogP contribution is -2.18. The van der Waals surface area contributed by atoms with Gasteiger partial charge in [0.25, 0.3) is 10.0 Å². The highest BCUT2D eigenvalue weighted by Crippen LogP contribution is 2.57. The van der Waals surface area contributed by atoms with Gasteiger partial charge in [0, 0.05) is 23.8 Å². The van der Waals surface area contributed by atoms with Gasteiger partial charge < -0.3 is 4.74 Å². The van der Waals surface area contributed by atoms with E-state index < -0.39 is 10.0 Å². The second kappa shape index (κ2) is 6.81. The van der Waals surface area contributed by atoms with Gasteiger partial charge in [-0.3, -0.25) is 0 Å². The van der Waals surface area contributed by atoms with Crippen molar-refractivity contribution in [1.29, 1.82) is 0 Å². The Morgan fingerprint density at radius 3 is 2.39 bits per heavy atom. The summed E-state index contributed by atoms with van der Waals surface area (Å²) in [4.78, 5) is 0.305. The van der Waals surface area contributed by atoms with Crippen LogP contribution in [0.15, 0.2) is 83.8 Å². The largest absolute Gasteiger partial charge is 0.372 e. The van der Waals surface area contributed by atoms with Gasteiger partial charge in [0.2, 0.25) is 0 Å². The quantitative estimate of drug-likeness (QED) is 0.437. The number of benzene rings is 3. The van der Waals surface area contributed by atoms with Crippen LogP contribution >= 0.6 is 0 Å². The maximum absolute atomic E-state index is 13.9. The van der Waals surface area contributed by atoms with Gasteiger partial charge in [0.05, 0.1) is 16.1 Å². The molecule has 156 valence electrons. The van der Waals surface area contributed by atoms with Gasteiger partial charge in [-0.2, -0.15) is 0 Å². The highest BCUT2D eigenvalue weighted by Gasteiger charge is 2.50. The van der Waals surface area contributed by atoms with Crippen molar-refractivity contribution < 1.29 is 13.2 Å². The molecule has 3 unspecified atom stereocenters. The maximum atomic E-state index is 13.9. The third kappa shape index (κ3) is 2.66. The van der Waals surface area contributed by atoms with Gasteiger partial charge in [-0.05, 0) is 42.7 Å². The van der Waals surface area contributed by atoms with Crippen LogP contribution in [0.25, 0.3) is 10.9 Å². The van der Waals surface area contributed by atoms with Gasteiger partial charge >= 0.3 is 0 Å². The van der Waals surface area contributed by atoms with E-state index in [1.165, 1.54) is 5.56 Å². The second-order valence-electron chi connectivity index (χ2n) is 8.53. The summed E-state index contributed by atoms with van der Waals surface area (Å²) >= 11 is 0. The molecule has 1 fully saturated rings. The fourth-order valence-corrected chi connectivity index (χ4v) is 7.01. The molecule has 0 saturated carbocycles. The molecule has 5 heteroatoms. The molecule has 0 N–H and O–H groups in total. The minimum Gasteiger partial charge on any atom is -0.372 e. The summed E-state index contributed by atoms with van der Waals surface area (Å²) in [5, 5.41) is 1.00. The Morgan fingerprint density at radius 1 is 0.903 bits per heavy atom. The second-order valence-corrected chi connectivity index (χ2v) is 10.3. The van der Waals surface area contributed by atoms with Crippen molar-refractivity contribution in [3.05, 3.63) is 101 Å². The van der Waals surface area contributed by atoms with Crippen LogP contribution in [0.3, 0.4) is 0 Å². The van der Waals surface area contributed by atoms with Crippen LogP contribution in [0, 0.1) is 12.8 Å². The number of hydrogen-bond donors (Lipinski definition) is 0. The van der Waals surface area contributed by atoms with E-state index in [4.69, 9.17) is 4.74 Å². The van der Waals surface area contributed by atoms with Crippen molar-refractivity contribution in [1.82, 2.24) is 3.97 Å². The van der Waals surface area contributed by atoms with Crippen LogP contribution in [0.2, 0.25) is 0 Å². The summed E-state index contributed by atoms with van der Waals surface area (Å²) in [5.74, 6) is 0.375. The van der Waals surface area contributed by atoms with Gasteiger partial charge in [0.15, 0.2) is 0 Å². The van der Waals surface area contributed by atoms with Crippen molar-refractivity contribution in [2.24, 2.45) is 5.92 Å². The van der Waals surface area contributed by atoms with Crippen LogP contribution in [0.5, 0.6) is 0 Å². The fraction of sp³-hybridized carbons (Fsp3) is 0.231. The molecule has 4 nitrogen and oxygen atoms in total. The zero-order valence-corrected chi connectivity index (χ0v) is 18.0. The molecule has 0 bridgehead atoms. The van der Waals surface area contributed by atoms with Gasteiger partial charge in [-0.15, -0.1) is 0 Å². The summed E-state index contributed by atoms with van der Waals surface area (Å²) < 4.78 is 35.6. The number of para-hydroxylation sites is 1. The first kappa shape index (κ1) is 18.8. The molecule has 2 heterocycles. The Hall–Kier alpha value is -2.89. The molecule has 1 aliphatic heterocycles. The van der Waals surface area contributed by atoms with Crippen LogP contribution in [0.1, 0.15) is 40.8 Å². The molecule has 1 aromatic heterocycles. The monoisotopic (exact) mass is 429 g/mol. The molecule has 3 aromatic carbocycles. The Morgan fingerprint density at radius 2 is 1.61 bits per heavy atom. The summed E-state index contributed by atoms with van der Waals surface area (Å²) in [5.41, 5.74) is 4.88. The molecule has 1 saturated heterocycles. The Bertz CT molecular complexity index is 1390. The molecular weight excluding hydrogens is 406 g/mol. The molecule has 2 aliphatic rings. The Labute approximate surface area is 182 Å². The van der Waals surface area contributed by atoms with Crippen molar-refractivity contribution >= 4 is 20.9 Å². The number of nitrogens with zero attached hydrogens (tertiary/aromatic N) is 1. The van der Waals surface area contributed by atoms with E-state index in [1.54, 1.807) is 16.1 Å². The molecular formula is C26H23NO3S. The lowest BCUT2D eigenvalue weighted by atomic mass is 9.83. The smallest absolute Gasteiger partial charge is 0.268 e. The van der Waals surface area contributed by atoms with E-state index in [0.29, 0.717) is 11.5 Å². The van der Waals surface area contributed by atoms with Gasteiger partial charge in [-0.1, -0.05) is 66.2 Å². The summed E-state index contributed by atoms with van der Waals surface area (Å²) in [6, 6.07) is 25.4. The van der Waals surface area contributed by atoms with Crippen molar-refractivity contribution in [3.8, 4) is 0 Å². The summed E-state index contributed by atoms with van der Waals surface area (Å²) in [7, 11) is -3.77. The lowest BCUT2D eigenvalue weighted by molar-refractivity contribution is 0.0933. The normalized spacial score (nSPS) is 22.5. The first-order valence-corrected chi connectivity index (χ1v) is 12.1. The van der Waals surface area contributed by atoms with E-state index in [2.05, 4.69) is 24.3 Å². The molecule has 3 atom stereocenters. The minimum absolute atomic E-state index is 0.128. The maximum Gasteiger partial charge on any atom is 0.268 e. The molecule has 6 rings (SSSR count). The molecule has 0 radical (unpaired) electrons. The SMILES string of the molecule is Cc1ccc(S(=O)(=O)n2c3c(c4ccccc42)C(c2ccccc2)C2CCOC32)cc1. The summed E-state index contributed by atoms with van der Waals surface area (Å²) in [6.45, 7) is 2.62. The zero-order chi connectivity index (χ0) is 21.2. The first-order valence-electron chi connectivity index (χ1n) is 10.7. The van der Waals surface area contributed by atoms with E-state index in [9.17, 15) is 8.42 Å². The average Bonchev–Trinajstić information content (AvgIpc) is 3.45. The van der Waals surface area contributed by atoms with Crippen LogP contribution < -0.4 is 0 Å². The molecule has 4 aromatic rings. The predicted molar refractivity (Wildman–Crippen MR) is 121 cm³/mol. The number of hydrogen-bond acceptors (Lipinski definition) is 3. The van der Waals surface area contributed by atoms with Gasteiger partial charge in [0.1, 0.15) is 6.10 Å². The highest BCUT2D eigenvalue weighted by molar-refractivity contribution is 7.90. The number of fused-ring (bicyclic) bond motifs is 5. The number of ether oxygens (including phenoxy) is 1. The molecule has 1 aliphatic carbocycles. The zero-order valence-electron chi connectivity index (χ0n) is 17.2. The first-order chi connectivity index (χ1) is 15.1. The molecule has 0 amide bonds. The van der Waals surface area contributed by atoms with Crippen LogP contribution in [0.4, 0.5) is 0 Å². The fourth-order valence-electron chi connectivity index (χ4n) is 5.44. The standard InChI is InChI=1S/C26H23NO3S/c1-17-11-13-19(14-12-17)31(28,29)27-22-10-6-5-9-20(22)24-23(18-7-3-2-4-8-18)21-15-16-30-26(21)25(24)27/h2-14,21,23,26H,15-16H2,1H3. The average molecular weight is 430 g/mol. The summed E-state index contributed by atoms with van der Waals surface area (Å²) in [6.07, 6.45) is 0.713. The van der Waals surface area contributed by atoms with E-state index in [1.807, 2.05) is 49.4 Å². The van der Waals surface area contributed by atoms with Crippen molar-refractivity contribution in [2.75, 3.05) is 6.61 Å². The predicted octanol–water partition coefficient (Wildman–Crippen LogP) is 5.41. The number of rotatable bonds is 3. The molecule has 31 heavy (non-hydrogen) atoms. The Kier molecular flexibility index (Phi) is 4.14.